The Hall–Kier alpha value is -1.46. The van der Waals surface area contributed by atoms with E-state index in [-0.39, 0.29) is 5.78 Å². The van der Waals surface area contributed by atoms with Gasteiger partial charge in [0.25, 0.3) is 0 Å². The van der Waals surface area contributed by atoms with Gasteiger partial charge in [-0.05, 0) is 25.4 Å². The lowest BCUT2D eigenvalue weighted by atomic mass is 10.1. The number of ketones is 1. The van der Waals surface area contributed by atoms with Gasteiger partial charge in [0, 0.05) is 11.3 Å². The van der Waals surface area contributed by atoms with Crippen molar-refractivity contribution in [2.24, 2.45) is 0 Å². The molecule has 0 radical (unpaired) electrons. The maximum atomic E-state index is 12.4. The summed E-state index contributed by atoms with van der Waals surface area (Å²) in [6.45, 7) is 7.81. The van der Waals surface area contributed by atoms with Crippen LogP contribution in [-0.2, 0) is 0 Å². The molecule has 0 saturated heterocycles. The van der Waals surface area contributed by atoms with Gasteiger partial charge < -0.3 is 0 Å². The van der Waals surface area contributed by atoms with Crippen LogP contribution in [0.3, 0.4) is 0 Å². The molecule has 0 atom stereocenters. The van der Waals surface area contributed by atoms with Crippen LogP contribution in [0.15, 0.2) is 40.6 Å². The monoisotopic (exact) mass is 290 g/mol. The first-order valence-electron chi connectivity index (χ1n) is 5.79. The summed E-state index contributed by atoms with van der Waals surface area (Å²) in [6.07, 6.45) is 0. The predicted octanol–water partition coefficient (Wildman–Crippen LogP) is 3.75. The predicted molar refractivity (Wildman–Crippen MR) is 80.1 cm³/mol. The van der Waals surface area contributed by atoms with Gasteiger partial charge in [-0.3, -0.25) is 4.79 Å². The topological polar surface area (TPSA) is 42.9 Å². The van der Waals surface area contributed by atoms with Crippen molar-refractivity contribution in [3.8, 4) is 0 Å². The summed E-state index contributed by atoms with van der Waals surface area (Å²) in [4.78, 5) is 12.4. The normalized spacial score (nSPS) is 10.4. The largest absolute Gasteiger partial charge is 0.287 e. The van der Waals surface area contributed by atoms with Crippen LogP contribution in [0.5, 0.6) is 0 Å². The van der Waals surface area contributed by atoms with Gasteiger partial charge in [-0.15, -0.1) is 16.9 Å². The van der Waals surface area contributed by atoms with E-state index < -0.39 is 0 Å². The van der Waals surface area contributed by atoms with Crippen molar-refractivity contribution in [1.82, 2.24) is 9.59 Å². The Morgan fingerprint density at radius 1 is 1.37 bits per heavy atom. The van der Waals surface area contributed by atoms with Crippen LogP contribution in [0, 0.1) is 6.92 Å². The van der Waals surface area contributed by atoms with Crippen molar-refractivity contribution in [3.63, 3.8) is 0 Å². The molecule has 0 aliphatic carbocycles. The first-order valence-corrected chi connectivity index (χ1v) is 7.54. The molecule has 2 aromatic rings. The van der Waals surface area contributed by atoms with Gasteiger partial charge in [0.2, 0.25) is 5.78 Å². The molecule has 3 nitrogen and oxygen atoms in total. The molecule has 1 aromatic carbocycles. The molecule has 19 heavy (non-hydrogen) atoms. The molecule has 0 bridgehead atoms. The Morgan fingerprint density at radius 3 is 2.68 bits per heavy atom. The van der Waals surface area contributed by atoms with Crippen LogP contribution >= 0.6 is 23.3 Å². The third-order valence-corrected chi connectivity index (χ3v) is 4.63. The summed E-state index contributed by atoms with van der Waals surface area (Å²) in [5.74, 6) is 0.705. The van der Waals surface area contributed by atoms with Crippen LogP contribution in [0.4, 0.5) is 0 Å². The molecule has 0 aliphatic heterocycles. The molecule has 0 aliphatic rings. The molecular formula is C14H14N2OS2. The third kappa shape index (κ3) is 3.52. The summed E-state index contributed by atoms with van der Waals surface area (Å²) >= 11 is 2.82. The lowest BCUT2D eigenvalue weighted by Crippen LogP contribution is -2.03. The van der Waals surface area contributed by atoms with Crippen molar-refractivity contribution in [1.29, 1.82) is 0 Å². The number of rotatable bonds is 5. The third-order valence-electron chi connectivity index (χ3n) is 2.44. The van der Waals surface area contributed by atoms with E-state index in [4.69, 9.17) is 0 Å². The highest BCUT2D eigenvalue weighted by atomic mass is 32.2. The number of aryl methyl sites for hydroxylation is 1. The molecule has 1 heterocycles. The molecule has 0 amide bonds. The standard InChI is InChI=1S/C14H14N2OS2/c1-9(2)8-18-14-12(15-16-19-14)13(17)11-6-4-10(3)5-7-11/h4-7H,1,8H2,2-3H3. The minimum absolute atomic E-state index is 0.0713. The molecular weight excluding hydrogens is 276 g/mol. The summed E-state index contributed by atoms with van der Waals surface area (Å²) in [6, 6.07) is 7.50. The fraction of sp³-hybridized carbons (Fsp3) is 0.214. The van der Waals surface area contributed by atoms with Crippen LogP contribution in [-0.4, -0.2) is 21.1 Å². The van der Waals surface area contributed by atoms with E-state index in [2.05, 4.69) is 16.2 Å². The average Bonchev–Trinajstić information content (AvgIpc) is 2.84. The number of carbonyl (C=O) groups is 1. The van der Waals surface area contributed by atoms with Crippen molar-refractivity contribution in [2.45, 2.75) is 18.1 Å². The summed E-state index contributed by atoms with van der Waals surface area (Å²) in [7, 11) is 0. The van der Waals surface area contributed by atoms with E-state index in [1.54, 1.807) is 11.8 Å². The summed E-state index contributed by atoms with van der Waals surface area (Å²) in [5, 5.41) is 3.96. The minimum Gasteiger partial charge on any atom is -0.287 e. The lowest BCUT2D eigenvalue weighted by molar-refractivity contribution is 0.103. The molecule has 2 rings (SSSR count). The maximum Gasteiger partial charge on any atom is 0.215 e. The van der Waals surface area contributed by atoms with Gasteiger partial charge >= 0.3 is 0 Å². The number of thioether (sulfide) groups is 1. The van der Waals surface area contributed by atoms with Crippen LogP contribution < -0.4 is 0 Å². The van der Waals surface area contributed by atoms with Crippen molar-refractivity contribution in [3.05, 3.63) is 53.2 Å². The first-order chi connectivity index (χ1) is 9.08. The van der Waals surface area contributed by atoms with Crippen LogP contribution in [0.25, 0.3) is 0 Å². The number of nitrogens with zero attached hydrogens (tertiary/aromatic N) is 2. The highest BCUT2D eigenvalue weighted by Gasteiger charge is 2.18. The molecule has 1 aromatic heterocycles. The summed E-state index contributed by atoms with van der Waals surface area (Å²) in [5.41, 5.74) is 3.28. The lowest BCUT2D eigenvalue weighted by Gasteiger charge is -2.01. The number of benzene rings is 1. The molecule has 0 fully saturated rings. The van der Waals surface area contributed by atoms with Gasteiger partial charge in [-0.2, -0.15) is 0 Å². The highest BCUT2D eigenvalue weighted by Crippen LogP contribution is 2.28. The number of hydrogen-bond acceptors (Lipinski definition) is 5. The van der Waals surface area contributed by atoms with E-state index in [0.29, 0.717) is 11.3 Å². The van der Waals surface area contributed by atoms with E-state index in [1.807, 2.05) is 38.1 Å². The highest BCUT2D eigenvalue weighted by molar-refractivity contribution is 8.01. The number of carbonyl (C=O) groups excluding carboxylic acids is 1. The van der Waals surface area contributed by atoms with Crippen molar-refractivity contribution < 1.29 is 4.79 Å². The average molecular weight is 290 g/mol. The molecule has 0 N–H and O–H groups in total. The van der Waals surface area contributed by atoms with Gasteiger partial charge in [0.05, 0.1) is 0 Å². The Labute approximate surface area is 120 Å². The number of hydrogen-bond donors (Lipinski definition) is 0. The second-order valence-electron chi connectivity index (χ2n) is 4.35. The molecule has 5 heteroatoms. The first kappa shape index (κ1) is 14.0. The molecule has 98 valence electrons. The second kappa shape index (κ2) is 6.12. The van der Waals surface area contributed by atoms with Crippen LogP contribution in [0.2, 0.25) is 0 Å². The van der Waals surface area contributed by atoms with Crippen molar-refractivity contribution in [2.75, 3.05) is 5.75 Å². The van der Waals surface area contributed by atoms with Gasteiger partial charge in [0.1, 0.15) is 4.21 Å². The Balaban J connectivity index is 2.22. The number of aromatic nitrogens is 2. The second-order valence-corrected chi connectivity index (χ2v) is 6.35. The van der Waals surface area contributed by atoms with E-state index in [9.17, 15) is 4.79 Å². The Bertz CT molecular complexity index is 602. The van der Waals surface area contributed by atoms with Gasteiger partial charge in [-0.1, -0.05) is 46.5 Å². The fourth-order valence-corrected chi connectivity index (χ4v) is 3.00. The SMILES string of the molecule is C=C(C)CSc1snnc1C(=O)c1ccc(C)cc1. The van der Waals surface area contributed by atoms with E-state index >= 15 is 0 Å². The smallest absolute Gasteiger partial charge is 0.215 e. The zero-order valence-corrected chi connectivity index (χ0v) is 12.5. The van der Waals surface area contributed by atoms with Gasteiger partial charge in [-0.25, -0.2) is 0 Å². The maximum absolute atomic E-state index is 12.4. The van der Waals surface area contributed by atoms with E-state index in [1.165, 1.54) is 11.5 Å². The van der Waals surface area contributed by atoms with Crippen molar-refractivity contribution >= 4 is 29.1 Å². The zero-order valence-electron chi connectivity index (χ0n) is 10.8. The molecule has 0 spiro atoms. The van der Waals surface area contributed by atoms with E-state index in [0.717, 1.165) is 21.1 Å². The summed E-state index contributed by atoms with van der Waals surface area (Å²) < 4.78 is 4.74. The Morgan fingerprint density at radius 2 is 2.05 bits per heavy atom. The zero-order chi connectivity index (χ0) is 13.8. The fourth-order valence-electron chi connectivity index (χ4n) is 1.45. The quantitative estimate of drug-likeness (QED) is 0.478. The Kier molecular flexibility index (Phi) is 4.50. The van der Waals surface area contributed by atoms with Crippen LogP contribution in [0.1, 0.15) is 28.5 Å². The molecule has 0 unspecified atom stereocenters. The molecule has 0 saturated carbocycles. The minimum atomic E-state index is -0.0713. The van der Waals surface area contributed by atoms with Gasteiger partial charge in [0.15, 0.2) is 5.69 Å².